The highest BCUT2D eigenvalue weighted by Gasteiger charge is 2.12. The lowest BCUT2D eigenvalue weighted by Gasteiger charge is -2.04. The van der Waals surface area contributed by atoms with E-state index in [1.165, 1.54) is 22.5 Å². The highest BCUT2D eigenvalue weighted by Crippen LogP contribution is 2.21. The molecule has 0 N–H and O–H groups in total. The second-order valence-electron chi connectivity index (χ2n) is 5.89. The normalized spacial score (nSPS) is 11.1. The van der Waals surface area contributed by atoms with Crippen molar-refractivity contribution in [2.45, 2.75) is 25.0 Å². The summed E-state index contributed by atoms with van der Waals surface area (Å²) >= 11 is 3.33. The SMILES string of the molecule is Cc1cccc(OCc2nn3c(CSCc4ccccc4)nnc3s2)c1. The molecule has 0 aliphatic rings. The Morgan fingerprint density at radius 2 is 1.92 bits per heavy atom. The molecule has 0 radical (unpaired) electrons. The van der Waals surface area contributed by atoms with E-state index in [2.05, 4.69) is 52.6 Å². The Morgan fingerprint density at radius 3 is 2.77 bits per heavy atom. The summed E-state index contributed by atoms with van der Waals surface area (Å²) in [7, 11) is 0. The Hall–Kier alpha value is -2.38. The molecule has 0 atom stereocenters. The Bertz CT molecular complexity index is 997. The van der Waals surface area contributed by atoms with E-state index in [9.17, 15) is 0 Å². The third-order valence-corrected chi connectivity index (χ3v) is 5.66. The van der Waals surface area contributed by atoms with Gasteiger partial charge in [-0.1, -0.05) is 53.8 Å². The summed E-state index contributed by atoms with van der Waals surface area (Å²) in [4.78, 5) is 0.808. The Balaban J connectivity index is 1.38. The number of ether oxygens (including phenoxy) is 1. The van der Waals surface area contributed by atoms with Gasteiger partial charge in [-0.15, -0.1) is 22.0 Å². The number of aryl methyl sites for hydroxylation is 1. The average molecular weight is 383 g/mol. The van der Waals surface area contributed by atoms with Crippen LogP contribution >= 0.6 is 23.1 Å². The van der Waals surface area contributed by atoms with Crippen molar-refractivity contribution in [1.29, 1.82) is 0 Å². The molecule has 0 saturated carbocycles. The third-order valence-electron chi connectivity index (χ3n) is 3.79. The molecule has 132 valence electrons. The van der Waals surface area contributed by atoms with Gasteiger partial charge in [0.1, 0.15) is 12.4 Å². The Kier molecular flexibility index (Phi) is 5.17. The summed E-state index contributed by atoms with van der Waals surface area (Å²) in [6.45, 7) is 2.49. The number of thioether (sulfide) groups is 1. The van der Waals surface area contributed by atoms with E-state index in [-0.39, 0.29) is 0 Å². The molecule has 2 aromatic heterocycles. The first-order valence-corrected chi connectivity index (χ1v) is 10.3. The first kappa shape index (κ1) is 17.1. The molecule has 0 unspecified atom stereocenters. The van der Waals surface area contributed by atoms with Crippen molar-refractivity contribution in [3.8, 4) is 5.75 Å². The van der Waals surface area contributed by atoms with E-state index < -0.39 is 0 Å². The molecule has 0 saturated heterocycles. The maximum Gasteiger partial charge on any atom is 0.234 e. The Labute approximate surface area is 160 Å². The molecule has 5 nitrogen and oxygen atoms in total. The first-order chi connectivity index (χ1) is 12.8. The molecule has 0 aliphatic heterocycles. The number of rotatable bonds is 7. The van der Waals surface area contributed by atoms with E-state index in [0.717, 1.165) is 33.0 Å². The molecular weight excluding hydrogens is 364 g/mol. The smallest absolute Gasteiger partial charge is 0.234 e. The van der Waals surface area contributed by atoms with Crippen molar-refractivity contribution in [3.05, 3.63) is 76.6 Å². The van der Waals surface area contributed by atoms with Gasteiger partial charge >= 0.3 is 0 Å². The van der Waals surface area contributed by atoms with Crippen LogP contribution in [0.3, 0.4) is 0 Å². The number of nitrogens with zero attached hydrogens (tertiary/aromatic N) is 4. The highest BCUT2D eigenvalue weighted by atomic mass is 32.2. The number of hydrogen-bond acceptors (Lipinski definition) is 6. The Morgan fingerprint density at radius 1 is 1.04 bits per heavy atom. The molecule has 2 heterocycles. The van der Waals surface area contributed by atoms with Crippen LogP contribution in [0.2, 0.25) is 0 Å². The molecule has 4 aromatic rings. The molecule has 0 spiro atoms. The lowest BCUT2D eigenvalue weighted by atomic mass is 10.2. The van der Waals surface area contributed by atoms with Gasteiger partial charge in [0.2, 0.25) is 4.96 Å². The maximum atomic E-state index is 5.83. The highest BCUT2D eigenvalue weighted by molar-refractivity contribution is 7.97. The molecule has 4 rings (SSSR count). The average Bonchev–Trinajstić information content (AvgIpc) is 3.22. The fourth-order valence-corrected chi connectivity index (χ4v) is 4.19. The zero-order chi connectivity index (χ0) is 17.8. The summed E-state index contributed by atoms with van der Waals surface area (Å²) < 4.78 is 7.66. The van der Waals surface area contributed by atoms with Gasteiger partial charge in [0.05, 0.1) is 5.75 Å². The van der Waals surface area contributed by atoms with Gasteiger partial charge in [0.15, 0.2) is 10.8 Å². The van der Waals surface area contributed by atoms with Crippen molar-refractivity contribution in [3.63, 3.8) is 0 Å². The third kappa shape index (κ3) is 4.05. The van der Waals surface area contributed by atoms with Crippen molar-refractivity contribution in [1.82, 2.24) is 19.8 Å². The van der Waals surface area contributed by atoms with Crippen LogP contribution in [0.4, 0.5) is 0 Å². The van der Waals surface area contributed by atoms with Crippen LogP contribution in [0.15, 0.2) is 54.6 Å². The minimum absolute atomic E-state index is 0.439. The van der Waals surface area contributed by atoms with Crippen LogP contribution in [-0.2, 0) is 18.1 Å². The lowest BCUT2D eigenvalue weighted by molar-refractivity contribution is 0.304. The fraction of sp³-hybridized carbons (Fsp3) is 0.211. The molecule has 0 aliphatic carbocycles. The van der Waals surface area contributed by atoms with Gasteiger partial charge in [-0.3, -0.25) is 0 Å². The largest absolute Gasteiger partial charge is 0.486 e. The lowest BCUT2D eigenvalue weighted by Crippen LogP contribution is -1.99. The monoisotopic (exact) mass is 382 g/mol. The van der Waals surface area contributed by atoms with Gasteiger partial charge in [0, 0.05) is 5.75 Å². The number of fused-ring (bicyclic) bond motifs is 1. The van der Waals surface area contributed by atoms with Gasteiger partial charge in [-0.2, -0.15) is 9.61 Å². The fourth-order valence-electron chi connectivity index (χ4n) is 2.53. The summed E-state index contributed by atoms with van der Waals surface area (Å²) in [5.41, 5.74) is 2.49. The van der Waals surface area contributed by atoms with Gasteiger partial charge in [-0.25, -0.2) is 0 Å². The quantitative estimate of drug-likeness (QED) is 0.471. The van der Waals surface area contributed by atoms with E-state index in [1.54, 1.807) is 0 Å². The number of hydrogen-bond donors (Lipinski definition) is 0. The van der Waals surface area contributed by atoms with Crippen LogP contribution in [-0.4, -0.2) is 19.8 Å². The second kappa shape index (κ2) is 7.88. The zero-order valence-corrected chi connectivity index (χ0v) is 16.0. The molecule has 26 heavy (non-hydrogen) atoms. The summed E-state index contributed by atoms with van der Waals surface area (Å²) in [6, 6.07) is 18.4. The van der Waals surface area contributed by atoms with E-state index in [1.807, 2.05) is 40.5 Å². The summed E-state index contributed by atoms with van der Waals surface area (Å²) in [6.07, 6.45) is 0. The molecule has 0 bridgehead atoms. The minimum Gasteiger partial charge on any atom is -0.486 e. The van der Waals surface area contributed by atoms with Crippen molar-refractivity contribution < 1.29 is 4.74 Å². The number of benzene rings is 2. The predicted octanol–water partition coefficient (Wildman–Crippen LogP) is 4.51. The van der Waals surface area contributed by atoms with Crippen LogP contribution < -0.4 is 4.74 Å². The summed E-state index contributed by atoms with van der Waals surface area (Å²) in [5.74, 6) is 3.45. The van der Waals surface area contributed by atoms with E-state index in [0.29, 0.717) is 6.61 Å². The zero-order valence-electron chi connectivity index (χ0n) is 14.3. The van der Waals surface area contributed by atoms with Gasteiger partial charge < -0.3 is 4.74 Å². The van der Waals surface area contributed by atoms with Crippen LogP contribution in [0.1, 0.15) is 22.0 Å². The van der Waals surface area contributed by atoms with Crippen LogP contribution in [0.25, 0.3) is 4.96 Å². The molecule has 2 aromatic carbocycles. The topological polar surface area (TPSA) is 52.3 Å². The molecule has 0 fully saturated rings. The van der Waals surface area contributed by atoms with Gasteiger partial charge in [-0.05, 0) is 30.2 Å². The van der Waals surface area contributed by atoms with E-state index >= 15 is 0 Å². The van der Waals surface area contributed by atoms with Crippen molar-refractivity contribution in [2.24, 2.45) is 0 Å². The minimum atomic E-state index is 0.439. The van der Waals surface area contributed by atoms with Crippen LogP contribution in [0, 0.1) is 6.92 Å². The second-order valence-corrected chi connectivity index (χ2v) is 7.92. The standard InChI is InChI=1S/C19H18N4OS2/c1-14-6-5-9-16(10-14)24-11-18-22-23-17(20-21-19(23)26-18)13-25-12-15-7-3-2-4-8-15/h2-10H,11-13H2,1H3. The van der Waals surface area contributed by atoms with Gasteiger partial charge in [0.25, 0.3) is 0 Å². The van der Waals surface area contributed by atoms with E-state index in [4.69, 9.17) is 4.74 Å². The van der Waals surface area contributed by atoms with Crippen molar-refractivity contribution in [2.75, 3.05) is 0 Å². The molecule has 7 heteroatoms. The molecule has 0 amide bonds. The maximum absolute atomic E-state index is 5.83. The first-order valence-electron chi connectivity index (χ1n) is 8.29. The summed E-state index contributed by atoms with van der Waals surface area (Å²) in [5, 5.41) is 14.0. The van der Waals surface area contributed by atoms with Crippen molar-refractivity contribution >= 4 is 28.1 Å². The van der Waals surface area contributed by atoms with Crippen LogP contribution in [0.5, 0.6) is 5.75 Å². The molecular formula is C19H18N4OS2. The predicted molar refractivity (Wildman–Crippen MR) is 106 cm³/mol. The number of aromatic nitrogens is 4.